The second-order valence-corrected chi connectivity index (χ2v) is 4.56. The fourth-order valence-corrected chi connectivity index (χ4v) is 1.74. The van der Waals surface area contributed by atoms with Gasteiger partial charge in [-0.25, -0.2) is 9.59 Å². The molecule has 0 aliphatic carbocycles. The van der Waals surface area contributed by atoms with E-state index >= 15 is 0 Å². The van der Waals surface area contributed by atoms with Gasteiger partial charge in [-0.05, 0) is 43.7 Å². The summed E-state index contributed by atoms with van der Waals surface area (Å²) in [6, 6.07) is 11.5. The normalized spacial score (nSPS) is 10.1. The quantitative estimate of drug-likeness (QED) is 0.687. The first-order chi connectivity index (χ1) is 9.47. The minimum Gasteiger partial charge on any atom is -0.478 e. The van der Waals surface area contributed by atoms with Crippen LogP contribution >= 0.6 is 0 Å². The lowest BCUT2D eigenvalue weighted by Gasteiger charge is -2.08. The molecular formula is C16H14O4. The van der Waals surface area contributed by atoms with Crippen LogP contribution in [0, 0.1) is 13.8 Å². The van der Waals surface area contributed by atoms with Gasteiger partial charge in [-0.15, -0.1) is 0 Å². The number of esters is 1. The molecule has 2 aromatic carbocycles. The fourth-order valence-electron chi connectivity index (χ4n) is 1.74. The lowest BCUT2D eigenvalue weighted by Crippen LogP contribution is -2.11. The molecule has 0 saturated carbocycles. The zero-order valence-electron chi connectivity index (χ0n) is 11.2. The van der Waals surface area contributed by atoms with E-state index in [1.165, 1.54) is 12.1 Å². The van der Waals surface area contributed by atoms with E-state index in [2.05, 4.69) is 0 Å². The van der Waals surface area contributed by atoms with Gasteiger partial charge in [0.2, 0.25) is 0 Å². The number of ether oxygens (including phenoxy) is 1. The van der Waals surface area contributed by atoms with E-state index in [0.29, 0.717) is 5.56 Å². The smallest absolute Gasteiger partial charge is 0.343 e. The summed E-state index contributed by atoms with van der Waals surface area (Å²) in [4.78, 5) is 23.1. The third kappa shape index (κ3) is 3.03. The van der Waals surface area contributed by atoms with E-state index in [4.69, 9.17) is 9.84 Å². The van der Waals surface area contributed by atoms with Gasteiger partial charge in [0, 0.05) is 0 Å². The Kier molecular flexibility index (Phi) is 3.84. The van der Waals surface area contributed by atoms with Crippen molar-refractivity contribution in [1.29, 1.82) is 0 Å². The van der Waals surface area contributed by atoms with Crippen LogP contribution in [-0.4, -0.2) is 17.0 Å². The molecule has 0 radical (unpaired) electrons. The standard InChI is InChI=1S/C16H14O4/c1-10-3-6-12(7-4-10)16(19)20-14-9-11(2)5-8-13(14)15(17)18/h3-9H,1-2H3,(H,17,18). The Balaban J connectivity index is 2.29. The van der Waals surface area contributed by atoms with Gasteiger partial charge in [0.15, 0.2) is 0 Å². The highest BCUT2D eigenvalue weighted by Crippen LogP contribution is 2.21. The zero-order valence-corrected chi connectivity index (χ0v) is 11.2. The number of carboxylic acids is 1. The lowest BCUT2D eigenvalue weighted by molar-refractivity contribution is 0.0681. The monoisotopic (exact) mass is 270 g/mol. The van der Waals surface area contributed by atoms with Gasteiger partial charge in [-0.2, -0.15) is 0 Å². The van der Waals surface area contributed by atoms with Gasteiger partial charge in [0.05, 0.1) is 5.56 Å². The zero-order chi connectivity index (χ0) is 14.7. The Morgan fingerprint density at radius 3 is 2.15 bits per heavy atom. The topological polar surface area (TPSA) is 63.6 Å². The van der Waals surface area contributed by atoms with E-state index in [-0.39, 0.29) is 11.3 Å². The molecule has 0 unspecified atom stereocenters. The Morgan fingerprint density at radius 1 is 0.950 bits per heavy atom. The van der Waals surface area contributed by atoms with Gasteiger partial charge >= 0.3 is 11.9 Å². The number of aryl methyl sites for hydroxylation is 2. The number of hydrogen-bond donors (Lipinski definition) is 1. The Morgan fingerprint density at radius 2 is 1.55 bits per heavy atom. The molecule has 102 valence electrons. The van der Waals surface area contributed by atoms with Crippen LogP contribution in [0.2, 0.25) is 0 Å². The van der Waals surface area contributed by atoms with Crippen LogP contribution in [0.25, 0.3) is 0 Å². The number of hydrogen-bond acceptors (Lipinski definition) is 3. The first kappa shape index (κ1) is 13.8. The van der Waals surface area contributed by atoms with Crippen molar-refractivity contribution in [2.45, 2.75) is 13.8 Å². The fraction of sp³-hybridized carbons (Fsp3) is 0.125. The van der Waals surface area contributed by atoms with Crippen LogP contribution in [-0.2, 0) is 0 Å². The predicted octanol–water partition coefficient (Wildman–Crippen LogP) is 3.22. The highest BCUT2D eigenvalue weighted by molar-refractivity contribution is 5.95. The van der Waals surface area contributed by atoms with Gasteiger partial charge < -0.3 is 9.84 Å². The number of aromatic carboxylic acids is 1. The van der Waals surface area contributed by atoms with Gasteiger partial charge in [0.25, 0.3) is 0 Å². The average molecular weight is 270 g/mol. The third-order valence-corrected chi connectivity index (χ3v) is 2.86. The van der Waals surface area contributed by atoms with E-state index < -0.39 is 11.9 Å². The van der Waals surface area contributed by atoms with Gasteiger partial charge in [-0.1, -0.05) is 23.8 Å². The van der Waals surface area contributed by atoms with E-state index in [1.54, 1.807) is 37.3 Å². The highest BCUT2D eigenvalue weighted by atomic mass is 16.5. The molecule has 0 aliphatic heterocycles. The molecule has 0 bridgehead atoms. The lowest BCUT2D eigenvalue weighted by atomic mass is 10.1. The summed E-state index contributed by atoms with van der Waals surface area (Å²) < 4.78 is 5.19. The van der Waals surface area contributed by atoms with Crippen molar-refractivity contribution in [3.63, 3.8) is 0 Å². The molecule has 1 N–H and O–H groups in total. The summed E-state index contributed by atoms with van der Waals surface area (Å²) in [5.74, 6) is -1.64. The molecule has 0 aliphatic rings. The molecule has 0 spiro atoms. The SMILES string of the molecule is Cc1ccc(C(=O)Oc2cc(C)ccc2C(=O)O)cc1. The second kappa shape index (κ2) is 5.57. The van der Waals surface area contributed by atoms with Crippen molar-refractivity contribution in [2.75, 3.05) is 0 Å². The molecule has 20 heavy (non-hydrogen) atoms. The molecule has 0 saturated heterocycles. The molecule has 2 aromatic rings. The largest absolute Gasteiger partial charge is 0.478 e. The molecule has 0 fully saturated rings. The summed E-state index contributed by atoms with van der Waals surface area (Å²) in [6.07, 6.45) is 0. The molecule has 0 atom stereocenters. The number of rotatable bonds is 3. The van der Waals surface area contributed by atoms with E-state index in [9.17, 15) is 9.59 Å². The van der Waals surface area contributed by atoms with Crippen molar-refractivity contribution >= 4 is 11.9 Å². The summed E-state index contributed by atoms with van der Waals surface area (Å²) in [5, 5.41) is 9.09. The number of benzene rings is 2. The van der Waals surface area contributed by atoms with Crippen molar-refractivity contribution in [2.24, 2.45) is 0 Å². The highest BCUT2D eigenvalue weighted by Gasteiger charge is 2.15. The third-order valence-electron chi connectivity index (χ3n) is 2.86. The molecular weight excluding hydrogens is 256 g/mol. The van der Waals surface area contributed by atoms with Crippen LogP contribution in [0.5, 0.6) is 5.75 Å². The second-order valence-electron chi connectivity index (χ2n) is 4.56. The molecule has 0 amide bonds. The maximum Gasteiger partial charge on any atom is 0.343 e. The molecule has 4 nitrogen and oxygen atoms in total. The molecule has 2 rings (SSSR count). The van der Waals surface area contributed by atoms with Crippen LogP contribution in [0.1, 0.15) is 31.8 Å². The summed E-state index contributed by atoms with van der Waals surface area (Å²) >= 11 is 0. The van der Waals surface area contributed by atoms with Crippen LogP contribution < -0.4 is 4.74 Å². The maximum atomic E-state index is 12.0. The molecule has 4 heteroatoms. The van der Waals surface area contributed by atoms with Crippen molar-refractivity contribution in [3.8, 4) is 5.75 Å². The Bertz CT molecular complexity index is 657. The van der Waals surface area contributed by atoms with Crippen LogP contribution in [0.15, 0.2) is 42.5 Å². The molecule has 0 heterocycles. The maximum absolute atomic E-state index is 12.0. The van der Waals surface area contributed by atoms with Crippen molar-refractivity contribution in [1.82, 2.24) is 0 Å². The minimum absolute atomic E-state index is 0.0314. The number of carbonyl (C=O) groups is 2. The summed E-state index contributed by atoms with van der Waals surface area (Å²) in [5.41, 5.74) is 2.20. The number of carboxylic acid groups (broad SMARTS) is 1. The van der Waals surface area contributed by atoms with Crippen LogP contribution in [0.3, 0.4) is 0 Å². The van der Waals surface area contributed by atoms with Crippen LogP contribution in [0.4, 0.5) is 0 Å². The average Bonchev–Trinajstić information content (AvgIpc) is 2.39. The Hall–Kier alpha value is -2.62. The van der Waals surface area contributed by atoms with Gasteiger partial charge in [-0.3, -0.25) is 0 Å². The Labute approximate surface area is 116 Å². The number of carbonyl (C=O) groups excluding carboxylic acids is 1. The summed E-state index contributed by atoms with van der Waals surface area (Å²) in [6.45, 7) is 3.72. The molecule has 0 aromatic heterocycles. The predicted molar refractivity (Wildman–Crippen MR) is 74.3 cm³/mol. The first-order valence-electron chi connectivity index (χ1n) is 6.10. The van der Waals surface area contributed by atoms with E-state index in [1.807, 2.05) is 6.92 Å². The minimum atomic E-state index is -1.13. The van der Waals surface area contributed by atoms with Crippen molar-refractivity contribution in [3.05, 3.63) is 64.7 Å². The van der Waals surface area contributed by atoms with E-state index in [0.717, 1.165) is 11.1 Å². The summed E-state index contributed by atoms with van der Waals surface area (Å²) in [7, 11) is 0. The van der Waals surface area contributed by atoms with Gasteiger partial charge in [0.1, 0.15) is 11.3 Å². The first-order valence-corrected chi connectivity index (χ1v) is 6.10. The van der Waals surface area contributed by atoms with Crippen molar-refractivity contribution < 1.29 is 19.4 Å².